The fourth-order valence-electron chi connectivity index (χ4n) is 2.68. The SMILES string of the molecule is CCC(Cc1ccccc1)N(CCC(=O)O)C1CC1. The first kappa shape index (κ1) is 14.1. The second-order valence-electron chi connectivity index (χ2n) is 5.36. The molecule has 1 unspecified atom stereocenters. The average molecular weight is 261 g/mol. The Bertz CT molecular complexity index is 400. The van der Waals surface area contributed by atoms with E-state index in [1.54, 1.807) is 0 Å². The molecule has 19 heavy (non-hydrogen) atoms. The maximum absolute atomic E-state index is 10.8. The van der Waals surface area contributed by atoms with E-state index in [0.717, 1.165) is 12.8 Å². The van der Waals surface area contributed by atoms with Crippen LogP contribution in [0.4, 0.5) is 0 Å². The summed E-state index contributed by atoms with van der Waals surface area (Å²) in [7, 11) is 0. The van der Waals surface area contributed by atoms with Crippen molar-refractivity contribution in [3.8, 4) is 0 Å². The number of aliphatic carboxylic acids is 1. The first-order chi connectivity index (χ1) is 9.20. The van der Waals surface area contributed by atoms with E-state index in [1.807, 2.05) is 6.07 Å². The van der Waals surface area contributed by atoms with Crippen LogP contribution in [0, 0.1) is 0 Å². The van der Waals surface area contributed by atoms with Gasteiger partial charge in [0.1, 0.15) is 0 Å². The van der Waals surface area contributed by atoms with Crippen molar-refractivity contribution in [2.24, 2.45) is 0 Å². The van der Waals surface area contributed by atoms with Crippen LogP contribution < -0.4 is 0 Å². The Labute approximate surface area is 115 Å². The van der Waals surface area contributed by atoms with E-state index in [9.17, 15) is 4.79 Å². The van der Waals surface area contributed by atoms with Gasteiger partial charge in [0.15, 0.2) is 0 Å². The van der Waals surface area contributed by atoms with Gasteiger partial charge in [-0.1, -0.05) is 37.3 Å². The highest BCUT2D eigenvalue weighted by molar-refractivity contribution is 5.66. The van der Waals surface area contributed by atoms with E-state index in [2.05, 4.69) is 36.1 Å². The Morgan fingerprint density at radius 1 is 1.37 bits per heavy atom. The summed E-state index contributed by atoms with van der Waals surface area (Å²) in [6.07, 6.45) is 4.80. The number of hydrogen-bond donors (Lipinski definition) is 1. The Morgan fingerprint density at radius 3 is 2.58 bits per heavy atom. The molecule has 1 atom stereocenters. The molecule has 1 saturated carbocycles. The lowest BCUT2D eigenvalue weighted by atomic mass is 10.0. The Morgan fingerprint density at radius 2 is 2.05 bits per heavy atom. The van der Waals surface area contributed by atoms with Crippen molar-refractivity contribution in [3.63, 3.8) is 0 Å². The highest BCUT2D eigenvalue weighted by atomic mass is 16.4. The third-order valence-electron chi connectivity index (χ3n) is 3.85. The molecular weight excluding hydrogens is 238 g/mol. The molecule has 1 fully saturated rings. The van der Waals surface area contributed by atoms with Crippen LogP contribution in [0.5, 0.6) is 0 Å². The second kappa shape index (κ2) is 6.71. The third kappa shape index (κ3) is 4.35. The monoisotopic (exact) mass is 261 g/mol. The molecule has 1 N–H and O–H groups in total. The molecule has 104 valence electrons. The highest BCUT2D eigenvalue weighted by Gasteiger charge is 2.33. The summed E-state index contributed by atoms with van der Waals surface area (Å²) in [6, 6.07) is 11.6. The minimum absolute atomic E-state index is 0.252. The third-order valence-corrected chi connectivity index (χ3v) is 3.85. The lowest BCUT2D eigenvalue weighted by Gasteiger charge is -2.31. The first-order valence-electron chi connectivity index (χ1n) is 7.22. The lowest BCUT2D eigenvalue weighted by Crippen LogP contribution is -2.39. The maximum Gasteiger partial charge on any atom is 0.304 e. The number of nitrogens with zero attached hydrogens (tertiary/aromatic N) is 1. The molecular formula is C16H23NO2. The van der Waals surface area contributed by atoms with Gasteiger partial charge < -0.3 is 5.11 Å². The lowest BCUT2D eigenvalue weighted by molar-refractivity contribution is -0.137. The summed E-state index contributed by atoms with van der Waals surface area (Å²) in [5, 5.41) is 8.88. The molecule has 1 aromatic rings. The quantitative estimate of drug-likeness (QED) is 0.782. The first-order valence-corrected chi connectivity index (χ1v) is 7.22. The predicted octanol–water partition coefficient (Wildman–Crippen LogP) is 2.95. The van der Waals surface area contributed by atoms with Crippen LogP contribution >= 0.6 is 0 Å². The van der Waals surface area contributed by atoms with Crippen molar-refractivity contribution in [1.82, 2.24) is 4.90 Å². The molecule has 3 nitrogen and oxygen atoms in total. The summed E-state index contributed by atoms with van der Waals surface area (Å²) in [5.41, 5.74) is 1.34. The Kier molecular flexibility index (Phi) is 4.97. The standard InChI is InChI=1S/C16H23NO2/c1-2-14(12-13-6-4-3-5-7-13)17(15-8-9-15)11-10-16(18)19/h3-7,14-15H,2,8-12H2,1H3,(H,18,19). The topological polar surface area (TPSA) is 40.5 Å². The van der Waals surface area contributed by atoms with Crippen LogP contribution in [-0.4, -0.2) is 34.6 Å². The molecule has 1 aliphatic carbocycles. The molecule has 3 heteroatoms. The van der Waals surface area contributed by atoms with Crippen molar-refractivity contribution in [1.29, 1.82) is 0 Å². The van der Waals surface area contributed by atoms with Gasteiger partial charge in [0, 0.05) is 18.6 Å². The van der Waals surface area contributed by atoms with Crippen molar-refractivity contribution in [3.05, 3.63) is 35.9 Å². The zero-order valence-electron chi connectivity index (χ0n) is 11.6. The molecule has 0 heterocycles. The van der Waals surface area contributed by atoms with Crippen LogP contribution in [0.2, 0.25) is 0 Å². The molecule has 0 saturated heterocycles. The highest BCUT2D eigenvalue weighted by Crippen LogP contribution is 2.30. The van der Waals surface area contributed by atoms with Gasteiger partial charge in [0.05, 0.1) is 6.42 Å². The number of carbonyl (C=O) groups is 1. The molecule has 0 bridgehead atoms. The predicted molar refractivity (Wildman–Crippen MR) is 76.2 cm³/mol. The summed E-state index contributed by atoms with van der Waals surface area (Å²) in [6.45, 7) is 2.88. The molecule has 2 rings (SSSR count). The van der Waals surface area contributed by atoms with Crippen molar-refractivity contribution in [2.45, 2.75) is 51.1 Å². The zero-order valence-corrected chi connectivity index (χ0v) is 11.6. The van der Waals surface area contributed by atoms with Gasteiger partial charge in [-0.15, -0.1) is 0 Å². The van der Waals surface area contributed by atoms with Gasteiger partial charge >= 0.3 is 5.97 Å². The molecule has 0 aromatic heterocycles. The average Bonchev–Trinajstić information content (AvgIpc) is 3.23. The van der Waals surface area contributed by atoms with E-state index in [4.69, 9.17) is 5.11 Å². The molecule has 1 aromatic carbocycles. The van der Waals surface area contributed by atoms with Gasteiger partial charge in [-0.2, -0.15) is 0 Å². The van der Waals surface area contributed by atoms with Crippen molar-refractivity contribution >= 4 is 5.97 Å². The fourth-order valence-corrected chi connectivity index (χ4v) is 2.68. The van der Waals surface area contributed by atoms with E-state index in [1.165, 1.54) is 18.4 Å². The van der Waals surface area contributed by atoms with E-state index in [-0.39, 0.29) is 6.42 Å². The normalized spacial score (nSPS) is 16.5. The summed E-state index contributed by atoms with van der Waals surface area (Å²) < 4.78 is 0. The van der Waals surface area contributed by atoms with Crippen LogP contribution in [-0.2, 0) is 11.2 Å². The van der Waals surface area contributed by atoms with Crippen LogP contribution in [0.15, 0.2) is 30.3 Å². The Hall–Kier alpha value is -1.35. The van der Waals surface area contributed by atoms with E-state index < -0.39 is 5.97 Å². The molecule has 1 aliphatic rings. The van der Waals surface area contributed by atoms with Crippen molar-refractivity contribution < 1.29 is 9.90 Å². The number of hydrogen-bond acceptors (Lipinski definition) is 2. The van der Waals surface area contributed by atoms with Gasteiger partial charge in [0.2, 0.25) is 0 Å². The van der Waals surface area contributed by atoms with E-state index in [0.29, 0.717) is 18.6 Å². The minimum atomic E-state index is -0.694. The molecule has 0 spiro atoms. The van der Waals surface area contributed by atoms with Gasteiger partial charge in [0.25, 0.3) is 0 Å². The van der Waals surface area contributed by atoms with Crippen LogP contribution in [0.25, 0.3) is 0 Å². The van der Waals surface area contributed by atoms with Crippen molar-refractivity contribution in [2.75, 3.05) is 6.54 Å². The smallest absolute Gasteiger partial charge is 0.304 e. The maximum atomic E-state index is 10.8. The summed E-state index contributed by atoms with van der Waals surface area (Å²) in [5.74, 6) is -0.694. The summed E-state index contributed by atoms with van der Waals surface area (Å²) >= 11 is 0. The van der Waals surface area contributed by atoms with Crippen LogP contribution in [0.3, 0.4) is 0 Å². The number of rotatable bonds is 8. The molecule has 0 radical (unpaired) electrons. The summed E-state index contributed by atoms with van der Waals surface area (Å²) in [4.78, 5) is 13.2. The van der Waals surface area contributed by atoms with Gasteiger partial charge in [-0.25, -0.2) is 0 Å². The second-order valence-corrected chi connectivity index (χ2v) is 5.36. The fraction of sp³-hybridized carbons (Fsp3) is 0.562. The number of carboxylic acid groups (broad SMARTS) is 1. The largest absolute Gasteiger partial charge is 0.481 e. The van der Waals surface area contributed by atoms with Gasteiger partial charge in [-0.05, 0) is 31.2 Å². The molecule has 0 aliphatic heterocycles. The number of carboxylic acids is 1. The van der Waals surface area contributed by atoms with Crippen LogP contribution in [0.1, 0.15) is 38.2 Å². The number of benzene rings is 1. The van der Waals surface area contributed by atoms with E-state index >= 15 is 0 Å². The zero-order chi connectivity index (χ0) is 13.7. The Balaban J connectivity index is 1.98. The van der Waals surface area contributed by atoms with Gasteiger partial charge in [-0.3, -0.25) is 9.69 Å². The molecule has 0 amide bonds. The minimum Gasteiger partial charge on any atom is -0.481 e.